The molecule has 0 unspecified atom stereocenters. The smallest absolute Gasteiger partial charge is 0.269 e. The van der Waals surface area contributed by atoms with Gasteiger partial charge in [0.15, 0.2) is 0 Å². The van der Waals surface area contributed by atoms with Crippen LogP contribution in [0, 0.1) is 25.2 Å². The Morgan fingerprint density at radius 1 is 1.31 bits per heavy atom. The molecule has 3 rings (SSSR count). The van der Waals surface area contributed by atoms with Crippen LogP contribution >= 0.6 is 11.6 Å². The van der Waals surface area contributed by atoms with E-state index >= 15 is 0 Å². The summed E-state index contributed by atoms with van der Waals surface area (Å²) in [6.07, 6.45) is 2.75. The first-order valence-electron chi connectivity index (χ1n) is 8.65. The number of fused-ring (bicyclic) bond motifs is 1. The molecule has 0 aliphatic carbocycles. The molecule has 0 aliphatic heterocycles. The van der Waals surface area contributed by atoms with Crippen molar-refractivity contribution in [3.05, 3.63) is 74.2 Å². The van der Waals surface area contributed by atoms with Crippen molar-refractivity contribution in [2.24, 2.45) is 0 Å². The lowest BCUT2D eigenvalue weighted by atomic mass is 10.1. The predicted molar refractivity (Wildman–Crippen MR) is 110 cm³/mol. The highest BCUT2D eigenvalue weighted by Crippen LogP contribution is 2.27. The second-order valence-corrected chi connectivity index (χ2v) is 6.69. The van der Waals surface area contributed by atoms with Crippen molar-refractivity contribution in [3.8, 4) is 17.7 Å². The average molecular weight is 409 g/mol. The molecular formula is C21H17ClN4O3. The monoisotopic (exact) mass is 408 g/mol. The summed E-state index contributed by atoms with van der Waals surface area (Å²) in [7, 11) is 1.40. The molecule has 3 aromatic rings. The van der Waals surface area contributed by atoms with Crippen LogP contribution in [0.15, 0.2) is 46.9 Å². The Labute approximate surface area is 171 Å². The fourth-order valence-corrected chi connectivity index (χ4v) is 2.83. The first-order chi connectivity index (χ1) is 13.8. The molecule has 0 fully saturated rings. The van der Waals surface area contributed by atoms with E-state index in [0.717, 1.165) is 11.1 Å². The largest absolute Gasteiger partial charge is 0.438 e. The number of hydrogen-bond acceptors (Lipinski definition) is 5. The number of nitrogens with zero attached hydrogens (tertiary/aromatic N) is 3. The van der Waals surface area contributed by atoms with E-state index in [0.29, 0.717) is 16.4 Å². The number of benzene rings is 1. The minimum atomic E-state index is -0.616. The molecule has 0 radical (unpaired) electrons. The summed E-state index contributed by atoms with van der Waals surface area (Å²) in [5.74, 6) is -0.206. The molecule has 0 aliphatic rings. The van der Waals surface area contributed by atoms with E-state index < -0.39 is 11.5 Å². The summed E-state index contributed by atoms with van der Waals surface area (Å²) >= 11 is 6.06. The van der Waals surface area contributed by atoms with Crippen molar-refractivity contribution in [3.63, 3.8) is 0 Å². The fourth-order valence-electron chi connectivity index (χ4n) is 2.71. The maximum Gasteiger partial charge on any atom is 0.269 e. The molecule has 0 saturated heterocycles. The van der Waals surface area contributed by atoms with Gasteiger partial charge in [0.25, 0.3) is 11.5 Å². The first kappa shape index (κ1) is 20.1. The lowest BCUT2D eigenvalue weighted by Gasteiger charge is -2.12. The van der Waals surface area contributed by atoms with E-state index in [9.17, 15) is 14.9 Å². The molecular weight excluding hydrogens is 392 g/mol. The van der Waals surface area contributed by atoms with Crippen molar-refractivity contribution in [2.45, 2.75) is 13.8 Å². The number of pyridine rings is 1. The summed E-state index contributed by atoms with van der Waals surface area (Å²) in [5, 5.41) is 12.3. The van der Waals surface area contributed by atoms with Crippen LogP contribution < -0.4 is 15.6 Å². The minimum absolute atomic E-state index is 0.0114. The molecule has 29 heavy (non-hydrogen) atoms. The van der Waals surface area contributed by atoms with Gasteiger partial charge in [-0.05, 0) is 55.3 Å². The molecule has 2 heterocycles. The van der Waals surface area contributed by atoms with Gasteiger partial charge >= 0.3 is 0 Å². The number of likely N-dealkylation sites (N-methyl/N-ethyl adjacent to an activating group) is 1. The van der Waals surface area contributed by atoms with Crippen LogP contribution in [0.3, 0.4) is 0 Å². The second-order valence-electron chi connectivity index (χ2n) is 6.28. The van der Waals surface area contributed by atoms with E-state index in [1.165, 1.54) is 17.5 Å². The average Bonchev–Trinajstić information content (AvgIpc) is 2.71. The van der Waals surface area contributed by atoms with Crippen LogP contribution in [0.5, 0.6) is 11.6 Å². The number of rotatable bonds is 4. The number of ether oxygens (including phenoxy) is 1. The lowest BCUT2D eigenvalue weighted by Crippen LogP contribution is -2.22. The van der Waals surface area contributed by atoms with Gasteiger partial charge < -0.3 is 10.1 Å². The van der Waals surface area contributed by atoms with E-state index in [-0.39, 0.29) is 17.0 Å². The number of nitrogens with one attached hydrogen (secondary N) is 1. The van der Waals surface area contributed by atoms with E-state index in [1.54, 1.807) is 36.5 Å². The number of carbonyl (C=O) groups excluding carboxylic acids is 1. The zero-order valence-electron chi connectivity index (χ0n) is 16.0. The van der Waals surface area contributed by atoms with Crippen molar-refractivity contribution in [1.29, 1.82) is 5.26 Å². The van der Waals surface area contributed by atoms with Crippen LogP contribution in [-0.4, -0.2) is 22.3 Å². The van der Waals surface area contributed by atoms with Crippen LogP contribution in [0.1, 0.15) is 16.7 Å². The standard InChI is InChI=1S/C21H17ClN4O3/c1-12-5-4-8-26-18(12)25-20(29-15-6-7-17(22)13(2)9-15)16(21(26)28)10-14(11-23)19(27)24-3/h4-10H,1-3H3,(H,24,27). The summed E-state index contributed by atoms with van der Waals surface area (Å²) in [6, 6.07) is 10.4. The van der Waals surface area contributed by atoms with Crippen molar-refractivity contribution < 1.29 is 9.53 Å². The Morgan fingerprint density at radius 3 is 2.72 bits per heavy atom. The zero-order valence-corrected chi connectivity index (χ0v) is 16.7. The predicted octanol–water partition coefficient (Wildman–Crippen LogP) is 3.41. The number of carbonyl (C=O) groups is 1. The third kappa shape index (κ3) is 3.98. The topological polar surface area (TPSA) is 96.5 Å². The van der Waals surface area contributed by atoms with Crippen LogP contribution in [0.25, 0.3) is 11.7 Å². The van der Waals surface area contributed by atoms with Gasteiger partial charge in [0.1, 0.15) is 28.6 Å². The van der Waals surface area contributed by atoms with Gasteiger partial charge in [0.2, 0.25) is 5.88 Å². The van der Waals surface area contributed by atoms with E-state index in [2.05, 4.69) is 10.3 Å². The van der Waals surface area contributed by atoms with Gasteiger partial charge in [-0.3, -0.25) is 14.0 Å². The van der Waals surface area contributed by atoms with Gasteiger partial charge in [-0.25, -0.2) is 0 Å². The van der Waals surface area contributed by atoms with Gasteiger partial charge in [0, 0.05) is 18.3 Å². The second kappa shape index (κ2) is 8.17. The molecule has 0 saturated carbocycles. The molecule has 1 aromatic carbocycles. The van der Waals surface area contributed by atoms with Gasteiger partial charge in [0.05, 0.1) is 0 Å². The third-order valence-electron chi connectivity index (χ3n) is 4.27. The molecule has 1 N–H and O–H groups in total. The zero-order chi connectivity index (χ0) is 21.1. The molecule has 8 heteroatoms. The Bertz CT molecular complexity index is 1260. The lowest BCUT2D eigenvalue weighted by molar-refractivity contribution is -0.116. The normalized spacial score (nSPS) is 11.2. The molecule has 2 aromatic heterocycles. The summed E-state index contributed by atoms with van der Waals surface area (Å²) in [6.45, 7) is 3.64. The number of aromatic nitrogens is 2. The highest BCUT2D eigenvalue weighted by Gasteiger charge is 2.17. The maximum absolute atomic E-state index is 13.1. The number of hydrogen-bond donors (Lipinski definition) is 1. The SMILES string of the molecule is CNC(=O)C(C#N)=Cc1c(Oc2ccc(Cl)c(C)c2)nc2c(C)cccn2c1=O. The Balaban J connectivity index is 2.28. The molecule has 7 nitrogen and oxygen atoms in total. The number of halogens is 1. The summed E-state index contributed by atoms with van der Waals surface area (Å²) < 4.78 is 7.23. The number of amides is 1. The first-order valence-corrected chi connectivity index (χ1v) is 9.03. The quantitative estimate of drug-likeness (QED) is 0.527. The Hall–Kier alpha value is -3.63. The minimum Gasteiger partial charge on any atom is -0.438 e. The van der Waals surface area contributed by atoms with Crippen LogP contribution in [-0.2, 0) is 4.79 Å². The number of aryl methyl sites for hydroxylation is 2. The molecule has 0 spiro atoms. The number of nitriles is 1. The van der Waals surface area contributed by atoms with Crippen LogP contribution in [0.2, 0.25) is 5.02 Å². The van der Waals surface area contributed by atoms with Gasteiger partial charge in [-0.2, -0.15) is 10.2 Å². The van der Waals surface area contributed by atoms with Gasteiger partial charge in [-0.1, -0.05) is 17.7 Å². The Kier molecular flexibility index (Phi) is 5.66. The summed E-state index contributed by atoms with van der Waals surface area (Å²) in [5.41, 5.74) is 1.25. The maximum atomic E-state index is 13.1. The highest BCUT2D eigenvalue weighted by atomic mass is 35.5. The molecule has 0 bridgehead atoms. The molecule has 1 amide bonds. The van der Waals surface area contributed by atoms with E-state index in [4.69, 9.17) is 16.3 Å². The summed E-state index contributed by atoms with van der Waals surface area (Å²) in [4.78, 5) is 29.5. The van der Waals surface area contributed by atoms with Crippen molar-refractivity contribution in [2.75, 3.05) is 7.05 Å². The van der Waals surface area contributed by atoms with Crippen molar-refractivity contribution in [1.82, 2.24) is 14.7 Å². The Morgan fingerprint density at radius 2 is 2.07 bits per heavy atom. The molecule has 146 valence electrons. The molecule has 0 atom stereocenters. The van der Waals surface area contributed by atoms with Crippen molar-refractivity contribution >= 4 is 29.2 Å². The fraction of sp³-hybridized carbons (Fsp3) is 0.143. The van der Waals surface area contributed by atoms with Crippen LogP contribution in [0.4, 0.5) is 0 Å². The third-order valence-corrected chi connectivity index (χ3v) is 4.70. The van der Waals surface area contributed by atoms with Gasteiger partial charge in [-0.15, -0.1) is 0 Å². The highest BCUT2D eigenvalue weighted by molar-refractivity contribution is 6.31. The van der Waals surface area contributed by atoms with E-state index in [1.807, 2.05) is 19.9 Å².